The molecule has 0 saturated carbocycles. The molecule has 1 heterocycles. The van der Waals surface area contributed by atoms with Crippen molar-refractivity contribution < 1.29 is 17.9 Å². The van der Waals surface area contributed by atoms with Gasteiger partial charge >= 0.3 is 0 Å². The van der Waals surface area contributed by atoms with E-state index in [9.17, 15) is 17.9 Å². The lowest BCUT2D eigenvalue weighted by molar-refractivity contribution is 0.158. The Morgan fingerprint density at radius 3 is 2.80 bits per heavy atom. The minimum Gasteiger partial charge on any atom is -0.393 e. The van der Waals surface area contributed by atoms with Crippen LogP contribution >= 0.6 is 0 Å². The van der Waals surface area contributed by atoms with Crippen molar-refractivity contribution in [1.29, 1.82) is 0 Å². The van der Waals surface area contributed by atoms with Crippen LogP contribution in [-0.4, -0.2) is 36.5 Å². The first-order chi connectivity index (χ1) is 9.32. The highest BCUT2D eigenvalue weighted by Crippen LogP contribution is 2.30. The molecule has 1 saturated heterocycles. The van der Waals surface area contributed by atoms with Gasteiger partial charge in [0.2, 0.25) is 10.0 Å². The van der Waals surface area contributed by atoms with Crippen LogP contribution in [0.25, 0.3) is 0 Å². The summed E-state index contributed by atoms with van der Waals surface area (Å²) in [6, 6.07) is 3.54. The standard InChI is InChI=1S/C14H20FNO3S/c1-10-8-12(15)5-6-14(10)20(18,19)16-7-3-4-13(16)9-11(2)17/h5-6,8,11,13,17H,3-4,7,9H2,1-2H3. The van der Waals surface area contributed by atoms with Gasteiger partial charge in [-0.2, -0.15) is 4.31 Å². The summed E-state index contributed by atoms with van der Waals surface area (Å²) < 4.78 is 39.9. The van der Waals surface area contributed by atoms with E-state index < -0.39 is 21.9 Å². The van der Waals surface area contributed by atoms with Crippen molar-refractivity contribution in [2.24, 2.45) is 0 Å². The van der Waals surface area contributed by atoms with Crippen LogP contribution in [-0.2, 0) is 10.0 Å². The van der Waals surface area contributed by atoms with Gasteiger partial charge < -0.3 is 5.11 Å². The zero-order valence-electron chi connectivity index (χ0n) is 11.7. The second-order valence-corrected chi connectivity index (χ2v) is 7.27. The molecule has 0 bridgehead atoms. The Morgan fingerprint density at radius 1 is 1.50 bits per heavy atom. The molecule has 0 aromatic heterocycles. The molecule has 1 aromatic carbocycles. The molecule has 0 amide bonds. The lowest BCUT2D eigenvalue weighted by atomic mass is 10.1. The fourth-order valence-corrected chi connectivity index (χ4v) is 4.70. The molecule has 2 unspecified atom stereocenters. The van der Waals surface area contributed by atoms with Gasteiger partial charge in [0, 0.05) is 12.6 Å². The highest BCUT2D eigenvalue weighted by Gasteiger charge is 2.36. The maximum absolute atomic E-state index is 13.1. The maximum Gasteiger partial charge on any atom is 0.243 e. The van der Waals surface area contributed by atoms with Crippen molar-refractivity contribution >= 4 is 10.0 Å². The van der Waals surface area contributed by atoms with Gasteiger partial charge in [0.05, 0.1) is 11.0 Å². The predicted molar refractivity (Wildman–Crippen MR) is 74.3 cm³/mol. The summed E-state index contributed by atoms with van der Waals surface area (Å²) in [4.78, 5) is 0.149. The number of hydrogen-bond acceptors (Lipinski definition) is 3. The van der Waals surface area contributed by atoms with Gasteiger partial charge in [-0.1, -0.05) is 0 Å². The summed E-state index contributed by atoms with van der Waals surface area (Å²) >= 11 is 0. The fourth-order valence-electron chi connectivity index (χ4n) is 2.78. The Kier molecular flexibility index (Phi) is 4.46. The number of nitrogens with zero attached hydrogens (tertiary/aromatic N) is 1. The Labute approximate surface area is 119 Å². The smallest absolute Gasteiger partial charge is 0.243 e. The molecule has 2 atom stereocenters. The molecule has 0 spiro atoms. The van der Waals surface area contributed by atoms with Crippen LogP contribution in [0.1, 0.15) is 31.7 Å². The Balaban J connectivity index is 2.34. The monoisotopic (exact) mass is 301 g/mol. The maximum atomic E-state index is 13.1. The summed E-state index contributed by atoms with van der Waals surface area (Å²) in [5.74, 6) is -0.441. The molecule has 112 valence electrons. The third-order valence-electron chi connectivity index (χ3n) is 3.66. The van der Waals surface area contributed by atoms with Crippen molar-refractivity contribution in [1.82, 2.24) is 4.31 Å². The number of halogens is 1. The van der Waals surface area contributed by atoms with Gasteiger partial charge in [0.15, 0.2) is 0 Å². The number of hydrogen-bond donors (Lipinski definition) is 1. The van der Waals surface area contributed by atoms with E-state index in [1.54, 1.807) is 13.8 Å². The second kappa shape index (κ2) is 5.79. The zero-order valence-corrected chi connectivity index (χ0v) is 12.5. The SMILES string of the molecule is Cc1cc(F)ccc1S(=O)(=O)N1CCCC1CC(C)O. The topological polar surface area (TPSA) is 57.6 Å². The summed E-state index contributed by atoms with van der Waals surface area (Å²) in [6.07, 6.45) is 1.44. The largest absolute Gasteiger partial charge is 0.393 e. The van der Waals surface area contributed by atoms with Crippen molar-refractivity contribution in [2.75, 3.05) is 6.54 Å². The fraction of sp³-hybridized carbons (Fsp3) is 0.571. The number of sulfonamides is 1. The minimum absolute atomic E-state index is 0.149. The zero-order chi connectivity index (χ0) is 14.9. The molecule has 0 aliphatic carbocycles. The van der Waals surface area contributed by atoms with Crippen LogP contribution in [0.2, 0.25) is 0 Å². The van der Waals surface area contributed by atoms with Gasteiger partial charge in [-0.05, 0) is 56.9 Å². The molecule has 1 aromatic rings. The predicted octanol–water partition coefficient (Wildman–Crippen LogP) is 2.06. The van der Waals surface area contributed by atoms with Gasteiger partial charge in [-0.3, -0.25) is 0 Å². The molecular formula is C14H20FNO3S. The Bertz CT molecular complexity index is 586. The van der Waals surface area contributed by atoms with Crippen molar-refractivity contribution in [2.45, 2.75) is 50.2 Å². The van der Waals surface area contributed by atoms with E-state index in [2.05, 4.69) is 0 Å². The van der Waals surface area contributed by atoms with E-state index >= 15 is 0 Å². The first-order valence-corrected chi connectivity index (χ1v) is 8.22. The summed E-state index contributed by atoms with van der Waals surface area (Å²) in [7, 11) is -3.63. The van der Waals surface area contributed by atoms with Crippen LogP contribution in [0.3, 0.4) is 0 Å². The van der Waals surface area contributed by atoms with Gasteiger partial charge in [-0.25, -0.2) is 12.8 Å². The molecule has 2 rings (SSSR count). The third-order valence-corrected chi connectivity index (χ3v) is 5.77. The molecule has 1 aliphatic heterocycles. The number of aliphatic hydroxyl groups excluding tert-OH is 1. The van der Waals surface area contributed by atoms with E-state index in [1.165, 1.54) is 22.5 Å². The number of aliphatic hydroxyl groups is 1. The summed E-state index contributed by atoms with van der Waals surface area (Å²) in [5, 5.41) is 9.49. The molecule has 1 fully saturated rings. The molecule has 0 radical (unpaired) electrons. The highest BCUT2D eigenvalue weighted by atomic mass is 32.2. The molecular weight excluding hydrogens is 281 g/mol. The first-order valence-electron chi connectivity index (χ1n) is 6.78. The van der Waals surface area contributed by atoms with Gasteiger partial charge in [0.25, 0.3) is 0 Å². The van der Waals surface area contributed by atoms with Crippen molar-refractivity contribution in [3.8, 4) is 0 Å². The Hall–Kier alpha value is -0.980. The number of rotatable bonds is 4. The van der Waals surface area contributed by atoms with Crippen LogP contribution in [0, 0.1) is 12.7 Å². The van der Waals surface area contributed by atoms with E-state index in [-0.39, 0.29) is 10.9 Å². The summed E-state index contributed by atoms with van der Waals surface area (Å²) in [5.41, 5.74) is 0.410. The molecule has 6 heteroatoms. The first kappa shape index (κ1) is 15.4. The number of aryl methyl sites for hydroxylation is 1. The van der Waals surface area contributed by atoms with Gasteiger partial charge in [0.1, 0.15) is 5.82 Å². The van der Waals surface area contributed by atoms with Crippen LogP contribution < -0.4 is 0 Å². The van der Waals surface area contributed by atoms with E-state index in [0.717, 1.165) is 12.8 Å². The van der Waals surface area contributed by atoms with Gasteiger partial charge in [-0.15, -0.1) is 0 Å². The van der Waals surface area contributed by atoms with E-state index in [1.807, 2.05) is 0 Å². The lowest BCUT2D eigenvalue weighted by Gasteiger charge is -2.25. The van der Waals surface area contributed by atoms with E-state index in [4.69, 9.17) is 0 Å². The lowest BCUT2D eigenvalue weighted by Crippen LogP contribution is -2.37. The van der Waals surface area contributed by atoms with E-state index in [0.29, 0.717) is 18.5 Å². The molecule has 1 aliphatic rings. The van der Waals surface area contributed by atoms with Crippen molar-refractivity contribution in [3.63, 3.8) is 0 Å². The Morgan fingerprint density at radius 2 is 2.20 bits per heavy atom. The third kappa shape index (κ3) is 3.02. The van der Waals surface area contributed by atoms with Crippen LogP contribution in [0.5, 0.6) is 0 Å². The highest BCUT2D eigenvalue weighted by molar-refractivity contribution is 7.89. The number of benzene rings is 1. The van der Waals surface area contributed by atoms with Crippen molar-refractivity contribution in [3.05, 3.63) is 29.6 Å². The molecule has 1 N–H and O–H groups in total. The molecule has 20 heavy (non-hydrogen) atoms. The average molecular weight is 301 g/mol. The minimum atomic E-state index is -3.63. The second-order valence-electron chi connectivity index (χ2n) is 5.41. The average Bonchev–Trinajstić information content (AvgIpc) is 2.76. The van der Waals surface area contributed by atoms with Crippen LogP contribution in [0.4, 0.5) is 4.39 Å². The quantitative estimate of drug-likeness (QED) is 0.926. The normalized spacial score (nSPS) is 22.1. The summed E-state index contributed by atoms with van der Waals surface area (Å²) in [6.45, 7) is 3.71. The van der Waals surface area contributed by atoms with Crippen LogP contribution in [0.15, 0.2) is 23.1 Å². The molecule has 4 nitrogen and oxygen atoms in total.